The summed E-state index contributed by atoms with van der Waals surface area (Å²) in [5.74, 6) is -1.30. The van der Waals surface area contributed by atoms with E-state index in [2.05, 4.69) is 6.07 Å². The number of carbonyl (C=O) groups is 2. The Kier molecular flexibility index (Phi) is 6.16. The molecule has 0 radical (unpaired) electrons. The number of ketones is 1. The Labute approximate surface area is 202 Å². The van der Waals surface area contributed by atoms with E-state index in [1.165, 1.54) is 4.88 Å². The molecule has 0 saturated heterocycles. The summed E-state index contributed by atoms with van der Waals surface area (Å²) in [4.78, 5) is 32.9. The van der Waals surface area contributed by atoms with Gasteiger partial charge in [-0.2, -0.15) is 0 Å². The van der Waals surface area contributed by atoms with Crippen LogP contribution < -0.4 is 0 Å². The summed E-state index contributed by atoms with van der Waals surface area (Å²) in [7, 11) is 0. The number of allylic oxidation sites excluding steroid dienone is 1. The lowest BCUT2D eigenvalue weighted by molar-refractivity contribution is -0.140. The molecule has 1 N–H and O–H groups in total. The molecular weight excluding hydrogens is 446 g/mol. The van der Waals surface area contributed by atoms with Gasteiger partial charge in [-0.1, -0.05) is 48.5 Å². The first-order valence-corrected chi connectivity index (χ1v) is 12.2. The number of esters is 1. The molecule has 2 aromatic carbocycles. The number of carbonyl (C=O) groups excluding carboxylic acids is 2. The smallest absolute Gasteiger partial charge is 0.336 e. The van der Waals surface area contributed by atoms with E-state index >= 15 is 0 Å². The highest BCUT2D eigenvalue weighted by Gasteiger charge is 2.46. The van der Waals surface area contributed by atoms with Crippen LogP contribution in [-0.4, -0.2) is 22.6 Å². The first-order valence-electron chi connectivity index (χ1n) is 11.4. The molecule has 1 aliphatic carbocycles. The van der Waals surface area contributed by atoms with Crippen molar-refractivity contribution in [2.45, 2.75) is 38.2 Å². The zero-order valence-corrected chi connectivity index (χ0v) is 19.6. The lowest BCUT2D eigenvalue weighted by atomic mass is 9.67. The monoisotopic (exact) mass is 471 g/mol. The van der Waals surface area contributed by atoms with Crippen molar-refractivity contribution in [2.75, 3.05) is 0 Å². The fourth-order valence-electron chi connectivity index (χ4n) is 5.05. The Balaban J connectivity index is 1.53. The normalized spacial score (nSPS) is 22.2. The molecule has 5 nitrogen and oxygen atoms in total. The topological polar surface area (TPSA) is 76.0 Å². The summed E-state index contributed by atoms with van der Waals surface area (Å²) in [6.45, 7) is 1.94. The molecule has 34 heavy (non-hydrogen) atoms. The molecule has 0 bridgehead atoms. The maximum absolute atomic E-state index is 13.5. The van der Waals surface area contributed by atoms with Crippen molar-refractivity contribution in [1.82, 2.24) is 0 Å². The van der Waals surface area contributed by atoms with Gasteiger partial charge in [-0.05, 0) is 48.1 Å². The summed E-state index contributed by atoms with van der Waals surface area (Å²) >= 11 is 1.65. The average Bonchev–Trinajstić information content (AvgIpc) is 3.37. The van der Waals surface area contributed by atoms with Crippen LogP contribution in [0.25, 0.3) is 0 Å². The van der Waals surface area contributed by atoms with E-state index in [0.29, 0.717) is 29.7 Å². The number of ether oxygens (including phenoxy) is 1. The molecule has 0 amide bonds. The lowest BCUT2D eigenvalue weighted by Crippen LogP contribution is -2.41. The predicted molar refractivity (Wildman–Crippen MR) is 132 cm³/mol. The molecule has 2 aliphatic rings. The third-order valence-electron chi connectivity index (χ3n) is 6.56. The van der Waals surface area contributed by atoms with Crippen LogP contribution in [0.1, 0.15) is 47.6 Å². The Morgan fingerprint density at radius 2 is 1.88 bits per heavy atom. The van der Waals surface area contributed by atoms with Crippen molar-refractivity contribution in [3.8, 4) is 5.75 Å². The maximum Gasteiger partial charge on any atom is 0.336 e. The quantitative estimate of drug-likeness (QED) is 0.479. The number of nitrogens with zero attached hydrogens (tertiary/aromatic N) is 1. The molecule has 5 rings (SSSR count). The molecule has 172 valence electrons. The molecule has 1 fully saturated rings. The van der Waals surface area contributed by atoms with Crippen LogP contribution in [0.15, 0.2) is 88.4 Å². The highest BCUT2D eigenvalue weighted by Crippen LogP contribution is 2.46. The molecule has 3 aromatic rings. The third kappa shape index (κ3) is 4.33. The molecule has 2 heterocycles. The number of hydrogen-bond acceptors (Lipinski definition) is 6. The number of hydrogen-bond donors (Lipinski definition) is 1. The van der Waals surface area contributed by atoms with E-state index in [1.54, 1.807) is 36.5 Å². The van der Waals surface area contributed by atoms with Gasteiger partial charge < -0.3 is 9.84 Å². The van der Waals surface area contributed by atoms with Gasteiger partial charge in [-0.3, -0.25) is 9.79 Å². The van der Waals surface area contributed by atoms with E-state index in [0.717, 1.165) is 11.3 Å². The maximum atomic E-state index is 13.5. The molecule has 1 saturated carbocycles. The van der Waals surface area contributed by atoms with Gasteiger partial charge >= 0.3 is 5.97 Å². The van der Waals surface area contributed by atoms with Crippen LogP contribution in [0, 0.1) is 5.92 Å². The van der Waals surface area contributed by atoms with Crippen molar-refractivity contribution in [2.24, 2.45) is 10.9 Å². The lowest BCUT2D eigenvalue weighted by Gasteiger charge is -2.38. The fraction of sp³-hybridized carbons (Fsp3) is 0.250. The zero-order valence-electron chi connectivity index (χ0n) is 18.8. The molecule has 1 aliphatic heterocycles. The van der Waals surface area contributed by atoms with Crippen LogP contribution in [-0.2, 0) is 20.9 Å². The summed E-state index contributed by atoms with van der Waals surface area (Å²) in [5, 5.41) is 12.2. The number of phenolic OH excluding ortho intramolecular Hbond substituents is 1. The van der Waals surface area contributed by atoms with Crippen molar-refractivity contribution < 1.29 is 19.4 Å². The Bertz CT molecular complexity index is 1280. The van der Waals surface area contributed by atoms with Gasteiger partial charge in [0.15, 0.2) is 0 Å². The standard InChI is InChI=1S/C28H25NO4S/c1-17-25(28(32)33-16-18-7-3-2-4-8-18)26(19-9-5-10-21(30)13-19)27-22(29-17)14-20(15-23(27)31)24-11-6-12-34-24/h2-13,20,26-27,30H,14-16H2,1H3/t20-,26+,27-/m0/s1. The highest BCUT2D eigenvalue weighted by atomic mass is 32.1. The summed E-state index contributed by atoms with van der Waals surface area (Å²) in [6.07, 6.45) is 1.08. The minimum atomic E-state index is -0.542. The van der Waals surface area contributed by atoms with Gasteiger partial charge in [0.1, 0.15) is 18.1 Å². The molecular formula is C28H25NO4S. The first kappa shape index (κ1) is 22.3. The number of fused-ring (bicyclic) bond motifs is 1. The zero-order chi connectivity index (χ0) is 23.7. The van der Waals surface area contributed by atoms with E-state index in [4.69, 9.17) is 9.73 Å². The van der Waals surface area contributed by atoms with Crippen LogP contribution in [0.5, 0.6) is 5.75 Å². The first-order chi connectivity index (χ1) is 16.5. The van der Waals surface area contributed by atoms with Gasteiger partial charge in [0.2, 0.25) is 0 Å². The van der Waals surface area contributed by atoms with Gasteiger partial charge in [-0.25, -0.2) is 4.79 Å². The minimum absolute atomic E-state index is 0.0672. The van der Waals surface area contributed by atoms with Crippen LogP contribution in [0.3, 0.4) is 0 Å². The fourth-order valence-corrected chi connectivity index (χ4v) is 5.88. The Morgan fingerprint density at radius 3 is 2.62 bits per heavy atom. The van der Waals surface area contributed by atoms with Crippen molar-refractivity contribution >= 4 is 28.8 Å². The second kappa shape index (κ2) is 9.39. The molecule has 0 spiro atoms. The number of rotatable bonds is 5. The average molecular weight is 472 g/mol. The predicted octanol–water partition coefficient (Wildman–Crippen LogP) is 5.77. The van der Waals surface area contributed by atoms with Crippen LogP contribution >= 0.6 is 11.3 Å². The third-order valence-corrected chi connectivity index (χ3v) is 7.60. The van der Waals surface area contributed by atoms with Crippen molar-refractivity contribution in [3.63, 3.8) is 0 Å². The Hall–Kier alpha value is -3.51. The number of thiophene rings is 1. The molecule has 1 aromatic heterocycles. The molecule has 6 heteroatoms. The SMILES string of the molecule is CC1=C(C(=O)OCc2ccccc2)[C@@H](c2cccc(O)c2)[C@@H]2C(=O)C[C@@H](c3cccs3)CC2=N1. The van der Waals surface area contributed by atoms with Gasteiger partial charge in [0, 0.05) is 34.5 Å². The van der Waals surface area contributed by atoms with Gasteiger partial charge in [0.05, 0.1) is 11.5 Å². The van der Waals surface area contributed by atoms with Gasteiger partial charge in [0.25, 0.3) is 0 Å². The number of aromatic hydroxyl groups is 1. The highest BCUT2D eigenvalue weighted by molar-refractivity contribution is 7.10. The summed E-state index contributed by atoms with van der Waals surface area (Å²) < 4.78 is 5.68. The van der Waals surface area contributed by atoms with E-state index in [1.807, 2.05) is 47.8 Å². The van der Waals surface area contributed by atoms with Crippen LogP contribution in [0.4, 0.5) is 0 Å². The van der Waals surface area contributed by atoms with Crippen LogP contribution in [0.2, 0.25) is 0 Å². The van der Waals surface area contributed by atoms with Crippen molar-refractivity contribution in [1.29, 1.82) is 0 Å². The molecule has 3 atom stereocenters. The molecule has 0 unspecified atom stereocenters. The number of benzene rings is 2. The van der Waals surface area contributed by atoms with Crippen molar-refractivity contribution in [3.05, 3.63) is 99.4 Å². The summed E-state index contributed by atoms with van der Waals surface area (Å²) in [5.41, 5.74) is 3.36. The second-order valence-electron chi connectivity index (χ2n) is 8.80. The van der Waals surface area contributed by atoms with E-state index < -0.39 is 17.8 Å². The number of phenols is 1. The van der Waals surface area contributed by atoms with E-state index in [9.17, 15) is 14.7 Å². The van der Waals surface area contributed by atoms with E-state index in [-0.39, 0.29) is 24.1 Å². The van der Waals surface area contributed by atoms with Gasteiger partial charge in [-0.15, -0.1) is 11.3 Å². The second-order valence-corrected chi connectivity index (χ2v) is 9.78. The number of aliphatic imine (C=N–C) groups is 1. The minimum Gasteiger partial charge on any atom is -0.508 e. The Morgan fingerprint density at radius 1 is 1.06 bits per heavy atom. The number of Topliss-reactive ketones (excluding diaryl/α,β-unsaturated/α-hetero) is 1. The largest absolute Gasteiger partial charge is 0.508 e. The summed E-state index contributed by atoms with van der Waals surface area (Å²) in [6, 6.07) is 20.4.